The van der Waals surface area contributed by atoms with E-state index in [0.717, 1.165) is 40.2 Å². The fourth-order valence-electron chi connectivity index (χ4n) is 8.31. The summed E-state index contributed by atoms with van der Waals surface area (Å²) in [5.41, 5.74) is 12.8. The van der Waals surface area contributed by atoms with Crippen molar-refractivity contribution in [3.05, 3.63) is 244 Å². The van der Waals surface area contributed by atoms with Crippen molar-refractivity contribution < 1.29 is 107 Å². The third-order valence-corrected chi connectivity index (χ3v) is 13.8. The van der Waals surface area contributed by atoms with E-state index in [1.165, 1.54) is 83.0 Å². The van der Waals surface area contributed by atoms with Crippen LogP contribution in [0.25, 0.3) is 15.7 Å². The number of carbonyl (C=O) groups is 11. The van der Waals surface area contributed by atoms with Crippen LogP contribution in [0.15, 0.2) is 151 Å². The van der Waals surface area contributed by atoms with Crippen molar-refractivity contribution in [3.63, 3.8) is 0 Å². The number of ether oxygens (including phenoxy) is 4. The second-order valence-electron chi connectivity index (χ2n) is 19.7. The van der Waals surface area contributed by atoms with E-state index < -0.39 is 64.9 Å². The Bertz CT molecular complexity index is 4360. The number of nitrogens with zero attached hydrogens (tertiary/aromatic N) is 3. The van der Waals surface area contributed by atoms with Crippen molar-refractivity contribution in [3.8, 4) is 5.88 Å². The molecular formula is C66H58BrN7O24. The Balaban J connectivity index is 0.000000243. The zero-order valence-electron chi connectivity index (χ0n) is 51.8. The molecule has 2 amide bonds. The number of aliphatic carboxylic acids is 2. The Morgan fingerprint density at radius 3 is 1.53 bits per heavy atom. The number of nitrogens with two attached hydrogens (primary N) is 1. The molecule has 32 heteroatoms. The number of alkyl halides is 1. The normalized spacial score (nSPS) is 11.5. The number of aromatic carboxylic acids is 3. The summed E-state index contributed by atoms with van der Waals surface area (Å²) in [6.45, 7) is 7.00. The van der Waals surface area contributed by atoms with Crippen LogP contribution < -0.4 is 16.4 Å². The molecule has 508 valence electrons. The summed E-state index contributed by atoms with van der Waals surface area (Å²) in [5.74, 6) is -7.67. The van der Waals surface area contributed by atoms with Gasteiger partial charge in [0.2, 0.25) is 24.2 Å². The molecule has 8 aromatic rings. The molecule has 0 radical (unpaired) electrons. The molecule has 2 aliphatic rings. The van der Waals surface area contributed by atoms with Gasteiger partial charge < -0.3 is 75.8 Å². The second kappa shape index (κ2) is 37.6. The highest BCUT2D eigenvalue weighted by molar-refractivity contribution is 9.08. The summed E-state index contributed by atoms with van der Waals surface area (Å²) in [7, 11) is 5.30. The maximum absolute atomic E-state index is 11.2. The van der Waals surface area contributed by atoms with Gasteiger partial charge in [0, 0.05) is 44.8 Å². The third kappa shape index (κ3) is 22.9. The highest BCUT2D eigenvalue weighted by Crippen LogP contribution is 2.35. The van der Waals surface area contributed by atoms with E-state index >= 15 is 0 Å². The van der Waals surface area contributed by atoms with Crippen molar-refractivity contribution in [2.45, 2.75) is 37.2 Å². The molecule has 1 unspecified atom stereocenters. The number of esters is 4. The predicted molar refractivity (Wildman–Crippen MR) is 350 cm³/mol. The molecule has 0 saturated carbocycles. The number of amides is 2. The molecule has 0 saturated heterocycles. The number of aromatic nitrogens is 1. The van der Waals surface area contributed by atoms with Crippen LogP contribution in [0.2, 0.25) is 0 Å². The van der Waals surface area contributed by atoms with Gasteiger partial charge >= 0.3 is 53.7 Å². The van der Waals surface area contributed by atoms with Crippen LogP contribution in [0.3, 0.4) is 0 Å². The second-order valence-corrected chi connectivity index (χ2v) is 20.3. The molecule has 0 bridgehead atoms. The van der Waals surface area contributed by atoms with E-state index in [4.69, 9.17) is 37.8 Å². The number of carbonyl (C=O) groups excluding carboxylic acids is 6. The lowest BCUT2D eigenvalue weighted by molar-refractivity contribution is -0.385. The lowest BCUT2D eigenvalue weighted by atomic mass is 10.1. The molecule has 3 heterocycles. The summed E-state index contributed by atoms with van der Waals surface area (Å²) >= 11 is 3.32. The minimum absolute atomic E-state index is 0.0255. The fraction of sp³-hybridized carbons (Fsp3) is 0.152. The number of hydrogen-bond donors (Lipinski definition) is 10. The molecule has 1 atom stereocenters. The molecule has 0 spiro atoms. The number of benzene rings is 7. The van der Waals surface area contributed by atoms with Gasteiger partial charge in [0.1, 0.15) is 6.04 Å². The van der Waals surface area contributed by atoms with Gasteiger partial charge in [0.25, 0.3) is 5.69 Å². The number of halogens is 1. The fourth-order valence-corrected chi connectivity index (χ4v) is 8.68. The SMILES string of the molecule is COC(=O)c1ccc(CBr)cc1.COC(=O)c1ccc2c(N=O)c(O)[nH]c2c1.COC(=O)c1ccc2c(c1)NC(=O)C2N.O=C(O)Cc1ccc(C(=O)O)cc1.O=C(O)Cc1ccc(C(=O)O)cc1[N+](=O)[O-].O=C1Cc2ccc(C(=O)O)cc2N1.[C-]#[N+]Cc1ccc(C(=O)OC)cc1. The largest absolute Gasteiger partial charge is 0.493 e. The molecule has 11 N–H and O–H groups in total. The highest BCUT2D eigenvalue weighted by Gasteiger charge is 2.28. The van der Waals surface area contributed by atoms with Crippen LogP contribution in [0.4, 0.5) is 22.7 Å². The number of methoxy groups -OCH3 is 4. The topological polar surface area (TPSA) is 489 Å². The molecule has 98 heavy (non-hydrogen) atoms. The number of aromatic amines is 1. The molecule has 2 aliphatic heterocycles. The van der Waals surface area contributed by atoms with Crippen LogP contribution in [0.5, 0.6) is 5.88 Å². The van der Waals surface area contributed by atoms with Gasteiger partial charge in [-0.3, -0.25) is 29.3 Å². The van der Waals surface area contributed by atoms with Gasteiger partial charge in [-0.2, -0.15) is 0 Å². The van der Waals surface area contributed by atoms with E-state index in [9.17, 15) is 72.9 Å². The number of nitro benzene ring substituents is 1. The zero-order valence-corrected chi connectivity index (χ0v) is 53.4. The van der Waals surface area contributed by atoms with Crippen molar-refractivity contribution in [2.24, 2.45) is 10.9 Å². The molecule has 7 aromatic carbocycles. The van der Waals surface area contributed by atoms with Crippen molar-refractivity contribution >= 4 is 115 Å². The predicted octanol–water partition coefficient (Wildman–Crippen LogP) is 9.56. The first-order valence-corrected chi connectivity index (χ1v) is 28.9. The van der Waals surface area contributed by atoms with E-state index in [1.807, 2.05) is 12.1 Å². The molecule has 10 rings (SSSR count). The third-order valence-electron chi connectivity index (χ3n) is 13.2. The van der Waals surface area contributed by atoms with Crippen molar-refractivity contribution in [1.29, 1.82) is 0 Å². The van der Waals surface area contributed by atoms with Gasteiger partial charge in [-0.1, -0.05) is 70.5 Å². The van der Waals surface area contributed by atoms with Crippen LogP contribution in [0, 0.1) is 21.6 Å². The number of aromatic hydroxyl groups is 1. The minimum atomic E-state index is -1.30. The van der Waals surface area contributed by atoms with E-state index in [0.29, 0.717) is 68.6 Å². The zero-order chi connectivity index (χ0) is 72.9. The summed E-state index contributed by atoms with van der Waals surface area (Å²) < 4.78 is 18.2. The highest BCUT2D eigenvalue weighted by atomic mass is 79.9. The average molecular weight is 1410 g/mol. The number of nitrogens with one attached hydrogen (secondary N) is 3. The van der Waals surface area contributed by atoms with Gasteiger partial charge in [0.15, 0.2) is 5.69 Å². The monoisotopic (exact) mass is 1410 g/mol. The van der Waals surface area contributed by atoms with Gasteiger partial charge in [-0.15, -0.1) is 4.91 Å². The van der Waals surface area contributed by atoms with Gasteiger partial charge in [-0.05, 0) is 107 Å². The maximum Gasteiger partial charge on any atom is 0.337 e. The van der Waals surface area contributed by atoms with Gasteiger partial charge in [-0.25, -0.2) is 40.1 Å². The Morgan fingerprint density at radius 1 is 0.592 bits per heavy atom. The van der Waals surface area contributed by atoms with E-state index in [1.54, 1.807) is 60.7 Å². The molecular weight excluding hydrogens is 1350 g/mol. The number of carboxylic acid groups (broad SMARTS) is 5. The van der Waals surface area contributed by atoms with Gasteiger partial charge in [0.05, 0.1) is 97.1 Å². The number of nitro groups is 1. The standard InChI is InChI=1S/C10H8N2O4.C10H10N2O3.C10H9NO2.C9H9BrO2.C9H7NO6.C9H7NO3.C9H8O4/c1-16-10(14)5-2-3-6-7(4-5)11-9(13)8(6)12-15;1-15-10(14)5-2-3-6-7(4-5)12-9(13)8(6)11;1-11-7-8-3-5-9(6-4-8)10(12)13-2;1-12-9(11)8-4-2-7(6-10)3-5-8;11-8(12)4-5-1-2-6(9(13)14)3-7(5)10(15)16;11-8-4-5-1-2-6(9(12)13)3-7(5)10-8;10-8(11)5-6-1-3-7(4-2-6)9(12)13/h2-4,11,13H,1H3;2-4,8H,11H2,1H3,(H,12,13);3-6H,7H2,2H3;2-5H,6H2,1H3;1-3H,4H2,(H,11,12)(H,13,14);1-3H,4H2,(H,10,11)(H,12,13);1-4H,5H2,(H,10,11)(H,12,13). The summed E-state index contributed by atoms with van der Waals surface area (Å²) in [4.78, 5) is 145. The molecule has 0 fully saturated rings. The van der Waals surface area contributed by atoms with Crippen molar-refractivity contribution in [2.75, 3.05) is 39.1 Å². The van der Waals surface area contributed by atoms with Crippen molar-refractivity contribution in [1.82, 2.24) is 4.98 Å². The quantitative estimate of drug-likeness (QED) is 0.00868. The Hall–Kier alpha value is -13.0. The minimum Gasteiger partial charge on any atom is -0.493 e. The molecule has 1 aromatic heterocycles. The summed E-state index contributed by atoms with van der Waals surface area (Å²) in [6, 6.07) is 36.3. The van der Waals surface area contributed by atoms with E-state index in [-0.39, 0.29) is 64.0 Å². The lowest BCUT2D eigenvalue weighted by Crippen LogP contribution is -2.19. The Labute approximate surface area is 562 Å². The number of anilines is 2. The number of nitroso groups, excluding NO2 is 1. The first kappa shape index (κ1) is 77.4. The van der Waals surface area contributed by atoms with Crippen LogP contribution in [-0.4, -0.2) is 135 Å². The number of rotatable bonds is 15. The number of hydrogen-bond acceptors (Lipinski definition) is 21. The first-order chi connectivity index (χ1) is 46.5. The molecule has 0 aliphatic carbocycles. The van der Waals surface area contributed by atoms with Crippen LogP contribution in [-0.2, 0) is 69.3 Å². The van der Waals surface area contributed by atoms with Crippen LogP contribution in [0.1, 0.15) is 112 Å². The average Bonchev–Trinajstić information content (AvgIpc) is 1.69. The Kier molecular flexibility index (Phi) is 29.7. The first-order valence-electron chi connectivity index (χ1n) is 27.7. The smallest absolute Gasteiger partial charge is 0.337 e. The summed E-state index contributed by atoms with van der Waals surface area (Å²) in [5, 5.41) is 71.9. The maximum atomic E-state index is 11.2. The van der Waals surface area contributed by atoms with Crippen LogP contribution >= 0.6 is 15.9 Å². The van der Waals surface area contributed by atoms with E-state index in [2.05, 4.69) is 60.5 Å². The number of fused-ring (bicyclic) bond motifs is 3. The molecule has 31 nitrogen and oxygen atoms in total. The number of carboxylic acids is 5. The Morgan fingerprint density at radius 2 is 1.04 bits per heavy atom. The lowest BCUT2D eigenvalue weighted by Gasteiger charge is -2.03. The number of H-pyrrole nitrogens is 1. The summed E-state index contributed by atoms with van der Waals surface area (Å²) in [6.07, 6.45) is -0.259.